The van der Waals surface area contributed by atoms with E-state index in [1.807, 2.05) is 7.05 Å². The highest BCUT2D eigenvalue weighted by Crippen LogP contribution is 2.46. The van der Waals surface area contributed by atoms with Crippen molar-refractivity contribution in [1.82, 2.24) is 9.80 Å². The summed E-state index contributed by atoms with van der Waals surface area (Å²) in [6.07, 6.45) is 3.57. The highest BCUT2D eigenvalue weighted by molar-refractivity contribution is 5.89. The van der Waals surface area contributed by atoms with Gasteiger partial charge in [0, 0.05) is 37.8 Å². The molecule has 0 saturated heterocycles. The lowest BCUT2D eigenvalue weighted by Crippen LogP contribution is -2.38. The van der Waals surface area contributed by atoms with E-state index in [9.17, 15) is 4.79 Å². The standard InChI is InChI=1S/C28H39N3O/c1-27(2)14-15-28(3,4)24-18-21(12-13-23(24)27)29-26(32)31(6)17-16-30(5)25-19-22(25)20-10-8-7-9-11-20/h7-13,18,22,25H,14-17,19H2,1-6H3,(H,29,32). The minimum Gasteiger partial charge on any atom is -0.326 e. The van der Waals surface area contributed by atoms with E-state index in [1.54, 1.807) is 4.90 Å². The van der Waals surface area contributed by atoms with Crippen LogP contribution in [0, 0.1) is 0 Å². The van der Waals surface area contributed by atoms with Crippen molar-refractivity contribution in [2.24, 2.45) is 0 Å². The summed E-state index contributed by atoms with van der Waals surface area (Å²) in [7, 11) is 4.06. The molecule has 2 atom stereocenters. The Hall–Kier alpha value is -2.33. The van der Waals surface area contributed by atoms with Gasteiger partial charge < -0.3 is 15.1 Å². The summed E-state index contributed by atoms with van der Waals surface area (Å²) in [4.78, 5) is 17.0. The van der Waals surface area contributed by atoms with E-state index >= 15 is 0 Å². The molecule has 2 aliphatic rings. The summed E-state index contributed by atoms with van der Waals surface area (Å²) < 4.78 is 0. The highest BCUT2D eigenvalue weighted by atomic mass is 16.2. The third-order valence-electron chi connectivity index (χ3n) is 7.79. The van der Waals surface area contributed by atoms with Crippen molar-refractivity contribution in [1.29, 1.82) is 0 Å². The number of benzene rings is 2. The van der Waals surface area contributed by atoms with Crippen LogP contribution in [0.1, 0.15) is 69.6 Å². The number of nitrogens with one attached hydrogen (secondary N) is 1. The molecule has 2 aliphatic carbocycles. The number of carbonyl (C=O) groups excluding carboxylic acids is 1. The maximum absolute atomic E-state index is 12.8. The molecule has 4 heteroatoms. The van der Waals surface area contributed by atoms with Crippen molar-refractivity contribution < 1.29 is 4.79 Å². The molecule has 2 aromatic rings. The Morgan fingerprint density at radius 3 is 2.28 bits per heavy atom. The van der Waals surface area contributed by atoms with Gasteiger partial charge in [0.1, 0.15) is 0 Å². The van der Waals surface area contributed by atoms with Gasteiger partial charge in [0.25, 0.3) is 0 Å². The van der Waals surface area contributed by atoms with Crippen molar-refractivity contribution in [2.45, 2.75) is 69.7 Å². The number of fused-ring (bicyclic) bond motifs is 1. The number of urea groups is 1. The summed E-state index contributed by atoms with van der Waals surface area (Å²) in [5, 5.41) is 3.13. The third-order valence-corrected chi connectivity index (χ3v) is 7.79. The first-order valence-corrected chi connectivity index (χ1v) is 12.0. The lowest BCUT2D eigenvalue weighted by atomic mass is 9.63. The predicted molar refractivity (Wildman–Crippen MR) is 134 cm³/mol. The van der Waals surface area contributed by atoms with Crippen molar-refractivity contribution >= 4 is 11.7 Å². The molecule has 0 spiro atoms. The molecule has 1 fully saturated rings. The van der Waals surface area contributed by atoms with Crippen LogP contribution in [0.15, 0.2) is 48.5 Å². The molecular weight excluding hydrogens is 394 g/mol. The van der Waals surface area contributed by atoms with Crippen LogP contribution in [0.2, 0.25) is 0 Å². The number of hydrogen-bond donors (Lipinski definition) is 1. The van der Waals surface area contributed by atoms with Gasteiger partial charge in [0.2, 0.25) is 0 Å². The minimum absolute atomic E-state index is 0.0402. The average Bonchev–Trinajstić information content (AvgIpc) is 3.57. The zero-order valence-electron chi connectivity index (χ0n) is 20.6. The predicted octanol–water partition coefficient (Wildman–Crippen LogP) is 5.99. The van der Waals surface area contributed by atoms with Crippen molar-refractivity contribution in [3.63, 3.8) is 0 Å². The monoisotopic (exact) mass is 433 g/mol. The van der Waals surface area contributed by atoms with Crippen LogP contribution < -0.4 is 5.32 Å². The summed E-state index contributed by atoms with van der Waals surface area (Å²) >= 11 is 0. The van der Waals surface area contributed by atoms with Crippen LogP contribution in [0.4, 0.5) is 10.5 Å². The molecule has 0 bridgehead atoms. The zero-order chi connectivity index (χ0) is 23.1. The Morgan fingerprint density at radius 2 is 1.59 bits per heavy atom. The molecule has 32 heavy (non-hydrogen) atoms. The van der Waals surface area contributed by atoms with Crippen LogP contribution >= 0.6 is 0 Å². The molecular formula is C28H39N3O. The fourth-order valence-electron chi connectivity index (χ4n) is 5.19. The Labute approximate surface area is 194 Å². The van der Waals surface area contributed by atoms with Gasteiger partial charge in [-0.1, -0.05) is 64.1 Å². The Bertz CT molecular complexity index is 966. The molecule has 2 unspecified atom stereocenters. The Morgan fingerprint density at radius 1 is 0.938 bits per heavy atom. The molecule has 1 N–H and O–H groups in total. The molecule has 172 valence electrons. The largest absolute Gasteiger partial charge is 0.326 e. The van der Waals surface area contributed by atoms with E-state index in [1.165, 1.54) is 36.0 Å². The van der Waals surface area contributed by atoms with Crippen LogP contribution in [0.3, 0.4) is 0 Å². The number of rotatable bonds is 6. The topological polar surface area (TPSA) is 35.6 Å². The molecule has 0 aliphatic heterocycles. The maximum atomic E-state index is 12.8. The van der Waals surface area contributed by atoms with Crippen LogP contribution in [0.5, 0.6) is 0 Å². The first-order valence-electron chi connectivity index (χ1n) is 12.0. The van der Waals surface area contributed by atoms with Gasteiger partial charge in [-0.3, -0.25) is 0 Å². The Balaban J connectivity index is 1.32. The molecule has 1 saturated carbocycles. The van der Waals surface area contributed by atoms with Crippen molar-refractivity contribution in [3.8, 4) is 0 Å². The Kier molecular flexibility index (Phi) is 6.10. The first-order chi connectivity index (χ1) is 15.1. The molecule has 4 rings (SSSR count). The number of hydrogen-bond acceptors (Lipinski definition) is 2. The van der Waals surface area contributed by atoms with E-state index in [0.29, 0.717) is 18.5 Å². The number of amides is 2. The van der Waals surface area contributed by atoms with Gasteiger partial charge in [-0.05, 0) is 66.0 Å². The van der Waals surface area contributed by atoms with E-state index in [2.05, 4.69) is 93.5 Å². The van der Waals surface area contributed by atoms with Crippen LogP contribution in [0.25, 0.3) is 0 Å². The molecule has 2 aromatic carbocycles. The number of anilines is 1. The molecule has 2 amide bonds. The van der Waals surface area contributed by atoms with Gasteiger partial charge >= 0.3 is 6.03 Å². The second kappa shape index (κ2) is 8.55. The summed E-state index contributed by atoms with van der Waals surface area (Å²) in [5.74, 6) is 0.628. The van der Waals surface area contributed by atoms with Gasteiger partial charge in [-0.25, -0.2) is 4.79 Å². The van der Waals surface area contributed by atoms with Gasteiger partial charge in [0.15, 0.2) is 0 Å². The first kappa shape index (κ1) is 22.8. The number of nitrogens with zero attached hydrogens (tertiary/aromatic N) is 2. The third kappa shape index (κ3) is 4.71. The van der Waals surface area contributed by atoms with E-state index in [-0.39, 0.29) is 16.9 Å². The van der Waals surface area contributed by atoms with Crippen LogP contribution in [-0.2, 0) is 10.8 Å². The maximum Gasteiger partial charge on any atom is 0.321 e. The molecule has 0 aromatic heterocycles. The fourth-order valence-corrected chi connectivity index (χ4v) is 5.19. The number of carbonyl (C=O) groups is 1. The lowest BCUT2D eigenvalue weighted by Gasteiger charge is -2.42. The summed E-state index contributed by atoms with van der Waals surface area (Å²) in [5.41, 5.74) is 5.43. The average molecular weight is 434 g/mol. The van der Waals surface area contributed by atoms with Crippen molar-refractivity contribution in [2.75, 3.05) is 32.5 Å². The number of likely N-dealkylation sites (N-methyl/N-ethyl adjacent to an activating group) is 2. The second-order valence-electron chi connectivity index (χ2n) is 11.2. The summed E-state index contributed by atoms with van der Waals surface area (Å²) in [6.45, 7) is 10.9. The van der Waals surface area contributed by atoms with E-state index < -0.39 is 0 Å². The quantitative estimate of drug-likeness (QED) is 0.607. The SMILES string of the molecule is CN(CCN(C)C1CC1c1ccccc1)C(=O)Nc1ccc2c(c1)C(C)(C)CCC2(C)C. The van der Waals surface area contributed by atoms with Crippen LogP contribution in [-0.4, -0.2) is 49.1 Å². The van der Waals surface area contributed by atoms with Gasteiger partial charge in [0.05, 0.1) is 0 Å². The summed E-state index contributed by atoms with van der Waals surface area (Å²) in [6, 6.07) is 17.8. The fraction of sp³-hybridized carbons (Fsp3) is 0.536. The second-order valence-corrected chi connectivity index (χ2v) is 11.2. The van der Waals surface area contributed by atoms with Gasteiger partial charge in [-0.2, -0.15) is 0 Å². The highest BCUT2D eigenvalue weighted by Gasteiger charge is 2.41. The lowest BCUT2D eigenvalue weighted by molar-refractivity contribution is 0.211. The molecule has 0 heterocycles. The van der Waals surface area contributed by atoms with Gasteiger partial charge in [-0.15, -0.1) is 0 Å². The normalized spacial score (nSPS) is 22.8. The zero-order valence-corrected chi connectivity index (χ0v) is 20.6. The molecule has 4 nitrogen and oxygen atoms in total. The van der Waals surface area contributed by atoms with E-state index in [0.717, 1.165) is 12.2 Å². The molecule has 0 radical (unpaired) electrons. The van der Waals surface area contributed by atoms with Crippen molar-refractivity contribution in [3.05, 3.63) is 65.2 Å². The van der Waals surface area contributed by atoms with E-state index in [4.69, 9.17) is 0 Å². The minimum atomic E-state index is -0.0402. The smallest absolute Gasteiger partial charge is 0.321 e.